The highest BCUT2D eigenvalue weighted by molar-refractivity contribution is 9.10. The Morgan fingerprint density at radius 2 is 1.88 bits per heavy atom. The Kier molecular flexibility index (Phi) is 6.06. The summed E-state index contributed by atoms with van der Waals surface area (Å²) in [5.41, 5.74) is 2.31. The first kappa shape index (κ1) is 18.5. The first-order chi connectivity index (χ1) is 11.3. The second-order valence-corrected chi connectivity index (χ2v) is 6.57. The van der Waals surface area contributed by atoms with E-state index in [0.29, 0.717) is 15.9 Å². The summed E-state index contributed by atoms with van der Waals surface area (Å²) in [6.45, 7) is 0. The van der Waals surface area contributed by atoms with Crippen LogP contribution in [-0.2, 0) is 11.9 Å². The average molecular weight is 420 g/mol. The van der Waals surface area contributed by atoms with Gasteiger partial charge in [-0.05, 0) is 45.8 Å². The van der Waals surface area contributed by atoms with Gasteiger partial charge in [0.05, 0.1) is 16.8 Å². The van der Waals surface area contributed by atoms with Crippen molar-refractivity contribution in [3.63, 3.8) is 0 Å². The summed E-state index contributed by atoms with van der Waals surface area (Å²) in [6, 6.07) is 9.95. The summed E-state index contributed by atoms with van der Waals surface area (Å²) in [5.74, 6) is -0.542. The molecule has 0 radical (unpaired) electrons. The van der Waals surface area contributed by atoms with Gasteiger partial charge in [-0.1, -0.05) is 18.2 Å². The number of carboxylic acid groups (broad SMARTS) is 1. The van der Waals surface area contributed by atoms with Gasteiger partial charge in [-0.25, -0.2) is 4.79 Å². The maximum Gasteiger partial charge on any atom is 0.416 e. The highest BCUT2D eigenvalue weighted by Crippen LogP contribution is 2.29. The number of halogens is 4. The molecular weight excluding hydrogens is 407 g/mol. The van der Waals surface area contributed by atoms with Crippen molar-refractivity contribution in [2.75, 3.05) is 5.32 Å². The van der Waals surface area contributed by atoms with Crippen LogP contribution in [-0.4, -0.2) is 16.6 Å². The fourth-order valence-electron chi connectivity index (χ4n) is 1.93. The smallest absolute Gasteiger partial charge is 0.416 e. The van der Waals surface area contributed by atoms with E-state index in [4.69, 9.17) is 0 Å². The molecule has 0 spiro atoms. The highest BCUT2D eigenvalue weighted by atomic mass is 79.9. The Labute approximate surface area is 148 Å². The number of benzene rings is 2. The van der Waals surface area contributed by atoms with Crippen molar-refractivity contribution >= 4 is 44.4 Å². The molecule has 0 aliphatic heterocycles. The van der Waals surface area contributed by atoms with Crippen LogP contribution in [0, 0.1) is 0 Å². The summed E-state index contributed by atoms with van der Waals surface area (Å²) < 4.78 is 37.9. The molecule has 0 aliphatic carbocycles. The van der Waals surface area contributed by atoms with E-state index in [1.807, 2.05) is 0 Å². The second-order valence-electron chi connectivity index (χ2n) is 4.78. The van der Waals surface area contributed by atoms with Gasteiger partial charge in [-0.2, -0.15) is 24.5 Å². The summed E-state index contributed by atoms with van der Waals surface area (Å²) in [6.07, 6.45) is -4.34. The summed E-state index contributed by atoms with van der Waals surface area (Å²) in [4.78, 5) is 11.2. The first-order valence-corrected chi connectivity index (χ1v) is 8.66. The molecule has 2 aromatic carbocycles. The molecule has 2 rings (SSSR count). The lowest BCUT2D eigenvalue weighted by Crippen LogP contribution is -2.05. The number of thiol groups is 1. The summed E-state index contributed by atoms with van der Waals surface area (Å²) >= 11 is 3.98. The van der Waals surface area contributed by atoms with Gasteiger partial charge in [-0.3, -0.25) is 0 Å². The molecule has 0 fully saturated rings. The lowest BCUT2D eigenvalue weighted by Gasteiger charge is -2.08. The third kappa shape index (κ3) is 4.85. The zero-order valence-electron chi connectivity index (χ0n) is 12.1. The van der Waals surface area contributed by atoms with E-state index in [1.54, 1.807) is 23.7 Å². The van der Waals surface area contributed by atoms with E-state index in [-0.39, 0.29) is 5.56 Å². The van der Waals surface area contributed by atoms with Crippen LogP contribution in [0.4, 0.5) is 18.9 Å². The van der Waals surface area contributed by atoms with Crippen molar-refractivity contribution in [3.05, 3.63) is 63.6 Å². The van der Waals surface area contributed by atoms with Crippen LogP contribution in [0.3, 0.4) is 0 Å². The first-order valence-electron chi connectivity index (χ1n) is 6.72. The third-order valence-corrected chi connectivity index (χ3v) is 4.61. The van der Waals surface area contributed by atoms with E-state index in [2.05, 4.69) is 21.2 Å². The van der Waals surface area contributed by atoms with Crippen molar-refractivity contribution in [2.45, 2.75) is 11.9 Å². The monoisotopic (exact) mass is 419 g/mol. The molecule has 0 aromatic heterocycles. The minimum Gasteiger partial charge on any atom is -0.478 e. The van der Waals surface area contributed by atoms with Crippen LogP contribution in [0.2, 0.25) is 0 Å². The molecule has 0 heterocycles. The molecule has 0 aliphatic rings. The van der Waals surface area contributed by atoms with E-state index in [1.165, 1.54) is 12.1 Å². The molecule has 0 bridgehead atoms. The molecule has 0 saturated heterocycles. The Morgan fingerprint density at radius 3 is 2.46 bits per heavy atom. The van der Waals surface area contributed by atoms with Crippen LogP contribution in [0.5, 0.6) is 0 Å². The Morgan fingerprint density at radius 1 is 1.21 bits per heavy atom. The molecule has 2 N–H and O–H groups in total. The molecule has 128 valence electrons. The Hall–Kier alpha value is -1.80. The zero-order valence-corrected chi connectivity index (χ0v) is 14.6. The second kappa shape index (κ2) is 7.85. The number of hydrogen-bond donors (Lipinski definition) is 3. The fraction of sp³-hybridized carbons (Fsp3) is 0.125. The van der Waals surface area contributed by atoms with Gasteiger partial charge in [0.25, 0.3) is 0 Å². The van der Waals surface area contributed by atoms with Gasteiger partial charge in [0.1, 0.15) is 0 Å². The number of alkyl halides is 3. The SMILES string of the molecule is O=C(O)c1c(Br)cccc1NC=[SH]Cc1ccc(C(F)(F)F)cc1. The molecule has 2 aromatic rings. The normalized spacial score (nSPS) is 12.0. The van der Waals surface area contributed by atoms with Crippen molar-refractivity contribution in [2.24, 2.45) is 0 Å². The quantitative estimate of drug-likeness (QED) is 0.471. The van der Waals surface area contributed by atoms with Crippen LogP contribution < -0.4 is 5.32 Å². The van der Waals surface area contributed by atoms with Gasteiger partial charge in [-0.15, -0.1) is 0 Å². The molecule has 8 heteroatoms. The number of carbonyl (C=O) groups is 1. The van der Waals surface area contributed by atoms with E-state index in [9.17, 15) is 23.1 Å². The molecular formula is C16H13BrF3NO2S. The summed E-state index contributed by atoms with van der Waals surface area (Å²) in [7, 11) is 0. The number of rotatable bonds is 5. The summed E-state index contributed by atoms with van der Waals surface area (Å²) in [5, 5.41) is 12.1. The topological polar surface area (TPSA) is 49.3 Å². The van der Waals surface area contributed by atoms with Gasteiger partial charge < -0.3 is 10.4 Å². The molecule has 24 heavy (non-hydrogen) atoms. The van der Waals surface area contributed by atoms with Gasteiger partial charge in [0.2, 0.25) is 0 Å². The third-order valence-electron chi connectivity index (χ3n) is 3.09. The fourth-order valence-corrected chi connectivity index (χ4v) is 3.21. The molecule has 3 nitrogen and oxygen atoms in total. The molecule has 0 atom stereocenters. The van der Waals surface area contributed by atoms with Gasteiger partial charge in [0, 0.05) is 15.7 Å². The predicted molar refractivity (Wildman–Crippen MR) is 94.9 cm³/mol. The minimum absolute atomic E-state index is 0.124. The number of hydrogen-bond acceptors (Lipinski definition) is 1. The van der Waals surface area contributed by atoms with Crippen molar-refractivity contribution in [1.29, 1.82) is 0 Å². The Balaban J connectivity index is 2.01. The highest BCUT2D eigenvalue weighted by Gasteiger charge is 2.29. The van der Waals surface area contributed by atoms with Crippen LogP contribution in [0.15, 0.2) is 46.9 Å². The average Bonchev–Trinajstić information content (AvgIpc) is 2.51. The van der Waals surface area contributed by atoms with Crippen LogP contribution >= 0.6 is 27.3 Å². The van der Waals surface area contributed by atoms with Crippen LogP contribution in [0.25, 0.3) is 0 Å². The predicted octanol–water partition coefficient (Wildman–Crippen LogP) is 5.00. The molecule has 0 unspecified atom stereocenters. The maximum atomic E-state index is 12.5. The lowest BCUT2D eigenvalue weighted by atomic mass is 10.1. The zero-order chi connectivity index (χ0) is 17.7. The van der Waals surface area contributed by atoms with E-state index >= 15 is 0 Å². The van der Waals surface area contributed by atoms with Crippen LogP contribution in [0.1, 0.15) is 21.5 Å². The van der Waals surface area contributed by atoms with Crippen molar-refractivity contribution < 1.29 is 23.1 Å². The Bertz CT molecular complexity index is 761. The number of aromatic carboxylic acids is 1. The maximum absolute atomic E-state index is 12.5. The minimum atomic E-state index is -4.34. The van der Waals surface area contributed by atoms with Crippen molar-refractivity contribution in [3.8, 4) is 0 Å². The number of nitrogens with one attached hydrogen (secondary N) is 1. The van der Waals surface area contributed by atoms with E-state index in [0.717, 1.165) is 29.0 Å². The van der Waals surface area contributed by atoms with E-state index < -0.39 is 17.7 Å². The lowest BCUT2D eigenvalue weighted by molar-refractivity contribution is -0.137. The largest absolute Gasteiger partial charge is 0.478 e. The molecule has 0 amide bonds. The van der Waals surface area contributed by atoms with Gasteiger partial charge in [0.15, 0.2) is 0 Å². The standard InChI is InChI=1S/C16H13BrF3NO2S/c17-12-2-1-3-13(14(12)15(22)23)21-9-24-8-10-4-6-11(7-5-10)16(18,19)20/h1-7,9,21,24H,8H2,(H,22,23). The number of carboxylic acids is 1. The molecule has 0 saturated carbocycles. The number of anilines is 1. The van der Waals surface area contributed by atoms with Gasteiger partial charge >= 0.3 is 12.1 Å². The van der Waals surface area contributed by atoms with Crippen molar-refractivity contribution in [1.82, 2.24) is 0 Å².